The molecule has 1 rings (SSSR count). The fourth-order valence-corrected chi connectivity index (χ4v) is 1.94. The third-order valence-electron chi connectivity index (χ3n) is 2.78. The molecular weight excluding hydrogens is 222 g/mol. The van der Waals surface area contributed by atoms with Gasteiger partial charge in [-0.3, -0.25) is 0 Å². The molecule has 1 N–H and O–H groups in total. The van der Waals surface area contributed by atoms with E-state index >= 15 is 0 Å². The first-order valence-corrected chi connectivity index (χ1v) is 6.67. The Labute approximate surface area is 111 Å². The minimum atomic E-state index is 0.381. The van der Waals surface area contributed by atoms with Crippen molar-refractivity contribution in [3.05, 3.63) is 29.8 Å². The molecule has 1 unspecified atom stereocenters. The maximum atomic E-state index is 5.46. The molecule has 0 spiro atoms. The smallest absolute Gasteiger partial charge is 0.119 e. The van der Waals surface area contributed by atoms with Crippen molar-refractivity contribution < 1.29 is 4.74 Å². The SMILES string of the molecule is CC#CCCC(NCC)c1ccc(OCC)cc1. The zero-order valence-electron chi connectivity index (χ0n) is 11.6. The summed E-state index contributed by atoms with van der Waals surface area (Å²) in [6.07, 6.45) is 1.98. The fraction of sp³-hybridized carbons (Fsp3) is 0.500. The predicted octanol–water partition coefficient (Wildman–Crippen LogP) is 3.54. The van der Waals surface area contributed by atoms with Crippen molar-refractivity contribution in [2.75, 3.05) is 13.2 Å². The molecule has 0 saturated heterocycles. The quantitative estimate of drug-likeness (QED) is 0.742. The molecule has 1 aromatic carbocycles. The van der Waals surface area contributed by atoms with Crippen molar-refractivity contribution >= 4 is 0 Å². The van der Waals surface area contributed by atoms with Gasteiger partial charge in [0.2, 0.25) is 0 Å². The average molecular weight is 245 g/mol. The lowest BCUT2D eigenvalue weighted by Crippen LogP contribution is -2.20. The maximum Gasteiger partial charge on any atom is 0.119 e. The summed E-state index contributed by atoms with van der Waals surface area (Å²) in [6, 6.07) is 8.73. The van der Waals surface area contributed by atoms with E-state index in [0.29, 0.717) is 12.6 Å². The third-order valence-corrected chi connectivity index (χ3v) is 2.78. The Bertz CT molecular complexity index is 386. The van der Waals surface area contributed by atoms with Crippen LogP contribution < -0.4 is 10.1 Å². The van der Waals surface area contributed by atoms with Crippen molar-refractivity contribution in [2.45, 2.75) is 39.7 Å². The van der Waals surface area contributed by atoms with Crippen LogP contribution in [0.1, 0.15) is 45.2 Å². The maximum absolute atomic E-state index is 5.46. The van der Waals surface area contributed by atoms with E-state index in [0.717, 1.165) is 25.1 Å². The second-order valence-electron chi connectivity index (χ2n) is 4.08. The molecular formula is C16H23NO. The van der Waals surface area contributed by atoms with Gasteiger partial charge >= 0.3 is 0 Å². The molecule has 1 atom stereocenters. The normalized spacial score (nSPS) is 11.5. The van der Waals surface area contributed by atoms with Gasteiger partial charge in [-0.05, 0) is 44.5 Å². The van der Waals surface area contributed by atoms with E-state index in [1.807, 2.05) is 26.0 Å². The van der Waals surface area contributed by atoms with Crippen molar-refractivity contribution in [1.29, 1.82) is 0 Å². The molecule has 0 aliphatic heterocycles. The number of hydrogen-bond acceptors (Lipinski definition) is 2. The lowest BCUT2D eigenvalue weighted by molar-refractivity contribution is 0.340. The number of hydrogen-bond donors (Lipinski definition) is 1. The molecule has 0 aliphatic carbocycles. The van der Waals surface area contributed by atoms with Crippen LogP contribution in [0.3, 0.4) is 0 Å². The molecule has 2 heteroatoms. The lowest BCUT2D eigenvalue weighted by Gasteiger charge is -2.17. The summed E-state index contributed by atoms with van der Waals surface area (Å²) in [6.45, 7) is 7.70. The van der Waals surface area contributed by atoms with Crippen LogP contribution in [0.2, 0.25) is 0 Å². The molecule has 1 aromatic rings. The van der Waals surface area contributed by atoms with Gasteiger partial charge in [-0.1, -0.05) is 19.1 Å². The molecule has 0 amide bonds. The minimum absolute atomic E-state index is 0.381. The summed E-state index contributed by atoms with van der Waals surface area (Å²) in [4.78, 5) is 0. The highest BCUT2D eigenvalue weighted by molar-refractivity contribution is 5.29. The van der Waals surface area contributed by atoms with Gasteiger partial charge in [0.25, 0.3) is 0 Å². The van der Waals surface area contributed by atoms with E-state index in [1.54, 1.807) is 0 Å². The largest absolute Gasteiger partial charge is 0.494 e. The van der Waals surface area contributed by atoms with Gasteiger partial charge in [0.1, 0.15) is 5.75 Å². The average Bonchev–Trinajstić information content (AvgIpc) is 2.39. The number of nitrogens with one attached hydrogen (secondary N) is 1. The molecule has 98 valence electrons. The monoisotopic (exact) mass is 245 g/mol. The van der Waals surface area contributed by atoms with Crippen LogP contribution in [0, 0.1) is 11.8 Å². The van der Waals surface area contributed by atoms with E-state index < -0.39 is 0 Å². The van der Waals surface area contributed by atoms with E-state index in [-0.39, 0.29) is 0 Å². The molecule has 0 radical (unpaired) electrons. The molecule has 0 saturated carbocycles. The van der Waals surface area contributed by atoms with Crippen molar-refractivity contribution in [2.24, 2.45) is 0 Å². The van der Waals surface area contributed by atoms with E-state index in [9.17, 15) is 0 Å². The standard InChI is InChI=1S/C16H23NO/c1-4-7-8-9-16(17-5-2)14-10-12-15(13-11-14)18-6-3/h10-13,16-17H,5-6,8-9H2,1-3H3. The Morgan fingerprint density at radius 3 is 2.50 bits per heavy atom. The second kappa shape index (κ2) is 8.60. The van der Waals surface area contributed by atoms with Crippen LogP contribution in [0.25, 0.3) is 0 Å². The van der Waals surface area contributed by atoms with Gasteiger partial charge in [0.15, 0.2) is 0 Å². The Kier molecular flexibility index (Phi) is 6.98. The van der Waals surface area contributed by atoms with E-state index in [2.05, 4.69) is 36.2 Å². The van der Waals surface area contributed by atoms with Crippen molar-refractivity contribution in [1.82, 2.24) is 5.32 Å². The highest BCUT2D eigenvalue weighted by Gasteiger charge is 2.09. The Morgan fingerprint density at radius 2 is 1.94 bits per heavy atom. The van der Waals surface area contributed by atoms with Gasteiger partial charge in [-0.2, -0.15) is 0 Å². The van der Waals surface area contributed by atoms with Gasteiger partial charge in [-0.25, -0.2) is 0 Å². The number of ether oxygens (including phenoxy) is 1. The van der Waals surface area contributed by atoms with E-state index in [4.69, 9.17) is 4.74 Å². The minimum Gasteiger partial charge on any atom is -0.494 e. The van der Waals surface area contributed by atoms with Gasteiger partial charge in [0.05, 0.1) is 6.61 Å². The molecule has 0 bridgehead atoms. The molecule has 18 heavy (non-hydrogen) atoms. The molecule has 0 heterocycles. The van der Waals surface area contributed by atoms with Crippen LogP contribution in [-0.2, 0) is 0 Å². The fourth-order valence-electron chi connectivity index (χ4n) is 1.94. The van der Waals surface area contributed by atoms with Gasteiger partial charge < -0.3 is 10.1 Å². The highest BCUT2D eigenvalue weighted by Crippen LogP contribution is 2.21. The Morgan fingerprint density at radius 1 is 1.22 bits per heavy atom. The summed E-state index contributed by atoms with van der Waals surface area (Å²) in [5.74, 6) is 7.00. The van der Waals surface area contributed by atoms with Gasteiger partial charge in [-0.15, -0.1) is 11.8 Å². The summed E-state index contributed by atoms with van der Waals surface area (Å²) in [5.41, 5.74) is 1.30. The number of benzene rings is 1. The summed E-state index contributed by atoms with van der Waals surface area (Å²) >= 11 is 0. The van der Waals surface area contributed by atoms with E-state index in [1.165, 1.54) is 5.56 Å². The zero-order valence-corrected chi connectivity index (χ0v) is 11.6. The predicted molar refractivity (Wildman–Crippen MR) is 76.7 cm³/mol. The summed E-state index contributed by atoms with van der Waals surface area (Å²) in [7, 11) is 0. The highest BCUT2D eigenvalue weighted by atomic mass is 16.5. The molecule has 0 aromatic heterocycles. The van der Waals surface area contributed by atoms with Crippen molar-refractivity contribution in [3.8, 4) is 17.6 Å². The summed E-state index contributed by atoms with van der Waals surface area (Å²) in [5, 5.41) is 3.50. The first kappa shape index (κ1) is 14.6. The zero-order chi connectivity index (χ0) is 13.2. The summed E-state index contributed by atoms with van der Waals surface area (Å²) < 4.78 is 5.46. The molecule has 0 fully saturated rings. The molecule has 2 nitrogen and oxygen atoms in total. The Hall–Kier alpha value is -1.46. The topological polar surface area (TPSA) is 21.3 Å². The van der Waals surface area contributed by atoms with Crippen LogP contribution in [0.4, 0.5) is 0 Å². The van der Waals surface area contributed by atoms with Crippen molar-refractivity contribution in [3.63, 3.8) is 0 Å². The first-order chi connectivity index (χ1) is 8.81. The van der Waals surface area contributed by atoms with Crippen LogP contribution in [-0.4, -0.2) is 13.2 Å². The molecule has 0 aliphatic rings. The number of rotatable bonds is 7. The first-order valence-electron chi connectivity index (χ1n) is 6.67. The van der Waals surface area contributed by atoms with Crippen LogP contribution in [0.5, 0.6) is 5.75 Å². The second-order valence-corrected chi connectivity index (χ2v) is 4.08. The van der Waals surface area contributed by atoms with Crippen LogP contribution in [0.15, 0.2) is 24.3 Å². The third kappa shape index (κ3) is 4.81. The lowest BCUT2D eigenvalue weighted by atomic mass is 10.0. The Balaban J connectivity index is 2.67. The van der Waals surface area contributed by atoms with Gasteiger partial charge in [0, 0.05) is 12.5 Å². The van der Waals surface area contributed by atoms with Crippen LogP contribution >= 0.6 is 0 Å².